The Morgan fingerprint density at radius 3 is 2.77 bits per heavy atom. The molecule has 1 atom stereocenters. The third kappa shape index (κ3) is 2.98. The molecular weight excluding hydrogens is 238 g/mol. The molecule has 0 aliphatic carbocycles. The zero-order valence-corrected chi connectivity index (χ0v) is 8.45. The van der Waals surface area contributed by atoms with E-state index >= 15 is 0 Å². The van der Waals surface area contributed by atoms with Crippen molar-refractivity contribution in [2.75, 3.05) is 0 Å². The Kier molecular flexibility index (Phi) is 3.18. The summed E-state index contributed by atoms with van der Waals surface area (Å²) in [5.41, 5.74) is 0.589. The van der Waals surface area contributed by atoms with Gasteiger partial charge in [0.05, 0.1) is 11.7 Å². The number of nitrogens with one attached hydrogen (secondary N) is 1. The van der Waals surface area contributed by atoms with Crippen molar-refractivity contribution in [3.05, 3.63) is 22.4 Å². The van der Waals surface area contributed by atoms with Crippen LogP contribution in [0.1, 0.15) is 18.7 Å². The van der Waals surface area contributed by atoms with Gasteiger partial charge in [-0.1, -0.05) is 0 Å². The number of carbonyl (C=O) groups is 1. The van der Waals surface area contributed by atoms with Gasteiger partial charge in [-0.15, -0.1) is 5.10 Å². The first kappa shape index (κ1) is 9.91. The van der Waals surface area contributed by atoms with Crippen LogP contribution in [0.25, 0.3) is 0 Å². The molecule has 0 aromatic carbocycles. The predicted molar refractivity (Wildman–Crippen MR) is 49.3 cm³/mol. The van der Waals surface area contributed by atoms with Crippen molar-refractivity contribution in [3.8, 4) is 0 Å². The zero-order chi connectivity index (χ0) is 9.84. The molecule has 2 N–H and O–H groups in total. The second-order valence-corrected chi connectivity index (χ2v) is 3.26. The summed E-state index contributed by atoms with van der Waals surface area (Å²) in [6.07, 6.45) is -1.07. The lowest BCUT2D eigenvalue weighted by Crippen LogP contribution is -2.25. The summed E-state index contributed by atoms with van der Waals surface area (Å²) in [4.78, 5) is 10.3. The number of nitrogens with zero attached hydrogens (tertiary/aromatic N) is 2. The van der Waals surface area contributed by atoms with Crippen LogP contribution < -0.4 is 5.32 Å². The summed E-state index contributed by atoms with van der Waals surface area (Å²) < 4.78 is 0.624. The van der Waals surface area contributed by atoms with E-state index in [9.17, 15) is 4.79 Å². The lowest BCUT2D eigenvalue weighted by Gasteiger charge is -2.08. The minimum Gasteiger partial charge on any atom is -0.465 e. The van der Waals surface area contributed by atoms with E-state index < -0.39 is 6.09 Å². The average molecular weight is 246 g/mol. The topological polar surface area (TPSA) is 75.1 Å². The highest BCUT2D eigenvalue weighted by Crippen LogP contribution is 2.10. The maximum atomic E-state index is 10.3. The lowest BCUT2D eigenvalue weighted by atomic mass is 10.2. The van der Waals surface area contributed by atoms with Gasteiger partial charge in [0.25, 0.3) is 0 Å². The van der Waals surface area contributed by atoms with Crippen LogP contribution in [0.15, 0.2) is 16.7 Å². The van der Waals surface area contributed by atoms with E-state index in [1.54, 1.807) is 19.1 Å². The molecule has 0 spiro atoms. The summed E-state index contributed by atoms with van der Waals surface area (Å²) in [5, 5.41) is 18.3. The van der Waals surface area contributed by atoms with Gasteiger partial charge in [0.2, 0.25) is 0 Å². The Hall–Kier alpha value is -1.17. The van der Waals surface area contributed by atoms with Gasteiger partial charge < -0.3 is 10.4 Å². The Morgan fingerprint density at radius 1 is 1.62 bits per heavy atom. The normalized spacial score (nSPS) is 12.2. The van der Waals surface area contributed by atoms with Gasteiger partial charge >= 0.3 is 6.09 Å². The highest BCUT2D eigenvalue weighted by atomic mass is 79.9. The zero-order valence-electron chi connectivity index (χ0n) is 6.86. The molecule has 1 aromatic heterocycles. The lowest BCUT2D eigenvalue weighted by molar-refractivity contribution is 0.190. The van der Waals surface area contributed by atoms with E-state index in [1.165, 1.54) is 0 Å². The molecule has 0 aliphatic heterocycles. The number of carboxylic acid groups (broad SMARTS) is 1. The monoisotopic (exact) mass is 245 g/mol. The van der Waals surface area contributed by atoms with Crippen LogP contribution >= 0.6 is 15.9 Å². The fourth-order valence-electron chi connectivity index (χ4n) is 0.816. The molecule has 1 heterocycles. The van der Waals surface area contributed by atoms with E-state index in [4.69, 9.17) is 5.11 Å². The first-order chi connectivity index (χ1) is 6.09. The Bertz CT molecular complexity index is 301. The Labute approximate surface area is 83.3 Å². The molecule has 6 heteroatoms. The molecule has 1 amide bonds. The molecule has 0 fully saturated rings. The molecule has 70 valence electrons. The van der Waals surface area contributed by atoms with Crippen LogP contribution in [0.5, 0.6) is 0 Å². The van der Waals surface area contributed by atoms with E-state index in [1.807, 2.05) is 0 Å². The minimum atomic E-state index is -1.07. The van der Waals surface area contributed by atoms with E-state index in [2.05, 4.69) is 31.4 Å². The van der Waals surface area contributed by atoms with Crippen LogP contribution in [-0.2, 0) is 0 Å². The van der Waals surface area contributed by atoms with Crippen molar-refractivity contribution in [1.82, 2.24) is 15.5 Å². The van der Waals surface area contributed by atoms with Crippen molar-refractivity contribution in [1.29, 1.82) is 0 Å². The number of rotatable bonds is 2. The smallest absolute Gasteiger partial charge is 0.405 e. The Morgan fingerprint density at radius 2 is 2.31 bits per heavy atom. The summed E-state index contributed by atoms with van der Waals surface area (Å²) in [7, 11) is 0. The fourth-order valence-corrected chi connectivity index (χ4v) is 1.03. The molecule has 0 saturated carbocycles. The van der Waals surface area contributed by atoms with Crippen LogP contribution in [0.4, 0.5) is 4.79 Å². The summed E-state index contributed by atoms with van der Waals surface area (Å²) in [6, 6.07) is 3.07. The molecule has 0 bridgehead atoms. The van der Waals surface area contributed by atoms with Gasteiger partial charge in [0, 0.05) is 0 Å². The van der Waals surface area contributed by atoms with Crippen molar-refractivity contribution in [3.63, 3.8) is 0 Å². The number of hydrogen-bond donors (Lipinski definition) is 2. The number of halogens is 1. The van der Waals surface area contributed by atoms with Crippen molar-refractivity contribution in [2.45, 2.75) is 13.0 Å². The third-order valence-corrected chi connectivity index (χ3v) is 1.86. The van der Waals surface area contributed by atoms with Crippen LogP contribution in [-0.4, -0.2) is 21.4 Å². The van der Waals surface area contributed by atoms with Gasteiger partial charge in [-0.25, -0.2) is 4.79 Å². The second kappa shape index (κ2) is 4.18. The van der Waals surface area contributed by atoms with Gasteiger partial charge in [-0.2, -0.15) is 5.10 Å². The van der Waals surface area contributed by atoms with Gasteiger partial charge in [0.15, 0.2) is 0 Å². The van der Waals surface area contributed by atoms with E-state index in [-0.39, 0.29) is 6.04 Å². The van der Waals surface area contributed by atoms with Crippen molar-refractivity contribution >= 4 is 22.0 Å². The minimum absolute atomic E-state index is 0.349. The SMILES string of the molecule is CC(NC(=O)O)c1ccc(Br)nn1. The highest BCUT2D eigenvalue weighted by Gasteiger charge is 2.09. The van der Waals surface area contributed by atoms with Crippen LogP contribution in [0.3, 0.4) is 0 Å². The van der Waals surface area contributed by atoms with Gasteiger partial charge in [-0.05, 0) is 35.0 Å². The van der Waals surface area contributed by atoms with Crippen molar-refractivity contribution < 1.29 is 9.90 Å². The maximum absolute atomic E-state index is 10.3. The largest absolute Gasteiger partial charge is 0.465 e. The molecule has 13 heavy (non-hydrogen) atoms. The standard InChI is InChI=1S/C7H8BrN3O2/c1-4(9-7(12)13)5-2-3-6(8)11-10-5/h2-4,9H,1H3,(H,12,13). The fraction of sp³-hybridized carbons (Fsp3) is 0.286. The quantitative estimate of drug-likeness (QED) is 0.830. The first-order valence-corrected chi connectivity index (χ1v) is 4.37. The molecule has 0 aliphatic rings. The van der Waals surface area contributed by atoms with Crippen molar-refractivity contribution in [2.24, 2.45) is 0 Å². The highest BCUT2D eigenvalue weighted by molar-refractivity contribution is 9.10. The molecule has 0 saturated heterocycles. The number of aromatic nitrogens is 2. The Balaban J connectivity index is 2.71. The summed E-state index contributed by atoms with van der Waals surface area (Å²) in [6.45, 7) is 1.70. The number of hydrogen-bond acceptors (Lipinski definition) is 3. The molecular formula is C7H8BrN3O2. The molecule has 1 rings (SSSR count). The maximum Gasteiger partial charge on any atom is 0.405 e. The van der Waals surface area contributed by atoms with E-state index in [0.717, 1.165) is 0 Å². The van der Waals surface area contributed by atoms with E-state index in [0.29, 0.717) is 10.3 Å². The average Bonchev–Trinajstić information content (AvgIpc) is 2.04. The second-order valence-electron chi connectivity index (χ2n) is 2.45. The molecule has 0 radical (unpaired) electrons. The van der Waals surface area contributed by atoms with Crippen LogP contribution in [0, 0.1) is 0 Å². The van der Waals surface area contributed by atoms with Gasteiger partial charge in [0.1, 0.15) is 4.60 Å². The molecule has 5 nitrogen and oxygen atoms in total. The third-order valence-electron chi connectivity index (χ3n) is 1.44. The predicted octanol–water partition coefficient (Wildman–Crippen LogP) is 1.57. The molecule has 1 aromatic rings. The first-order valence-electron chi connectivity index (χ1n) is 3.58. The number of amides is 1. The summed E-state index contributed by atoms with van der Waals surface area (Å²) >= 11 is 3.14. The summed E-state index contributed by atoms with van der Waals surface area (Å²) in [5.74, 6) is 0. The molecule has 1 unspecified atom stereocenters. The van der Waals surface area contributed by atoms with Crippen LogP contribution in [0.2, 0.25) is 0 Å². The van der Waals surface area contributed by atoms with Gasteiger partial charge in [-0.3, -0.25) is 0 Å².